The van der Waals surface area contributed by atoms with E-state index in [2.05, 4.69) is 12.2 Å². The van der Waals surface area contributed by atoms with E-state index < -0.39 is 5.97 Å². The van der Waals surface area contributed by atoms with Crippen molar-refractivity contribution < 1.29 is 9.53 Å². The van der Waals surface area contributed by atoms with Crippen molar-refractivity contribution in [3.63, 3.8) is 0 Å². The van der Waals surface area contributed by atoms with Crippen LogP contribution in [-0.2, 0) is 4.74 Å². The van der Waals surface area contributed by atoms with Crippen LogP contribution in [0.4, 0.5) is 11.4 Å². The van der Waals surface area contributed by atoms with Crippen molar-refractivity contribution in [3.05, 3.63) is 22.7 Å². The molecule has 0 unspecified atom stereocenters. The van der Waals surface area contributed by atoms with Gasteiger partial charge in [0.05, 0.1) is 22.9 Å². The molecule has 106 valence electrons. The fourth-order valence-electron chi connectivity index (χ4n) is 1.55. The van der Waals surface area contributed by atoms with Gasteiger partial charge in [0, 0.05) is 11.2 Å². The maximum atomic E-state index is 12.0. The molecule has 0 aliphatic heterocycles. The number of rotatable bonds is 5. The summed E-state index contributed by atoms with van der Waals surface area (Å²) in [5.74, 6) is -0.425. The predicted octanol–water partition coefficient (Wildman–Crippen LogP) is 3.70. The molecule has 5 heteroatoms. The minimum Gasteiger partial charge on any atom is -0.462 e. The normalized spacial score (nSPS) is 11.2. The third-order valence-corrected chi connectivity index (χ3v) is 3.25. The number of nitrogens with one attached hydrogen (secondary N) is 1. The van der Waals surface area contributed by atoms with Crippen molar-refractivity contribution in [2.24, 2.45) is 0 Å². The van der Waals surface area contributed by atoms with Crippen LogP contribution in [0, 0.1) is 0 Å². The maximum Gasteiger partial charge on any atom is 0.340 e. The average molecular weight is 285 g/mol. The highest BCUT2D eigenvalue weighted by molar-refractivity contribution is 6.34. The molecule has 3 N–H and O–H groups in total. The number of ether oxygens (including phenoxy) is 1. The summed E-state index contributed by atoms with van der Waals surface area (Å²) in [5.41, 5.74) is 6.94. The Labute approximate surface area is 119 Å². The second kappa shape index (κ2) is 6.15. The number of hydrogen-bond acceptors (Lipinski definition) is 4. The third-order valence-electron chi connectivity index (χ3n) is 2.96. The molecule has 1 aromatic carbocycles. The van der Waals surface area contributed by atoms with Crippen molar-refractivity contribution in [2.75, 3.05) is 17.7 Å². The second-order valence-electron chi connectivity index (χ2n) is 5.01. The summed E-state index contributed by atoms with van der Waals surface area (Å²) in [4.78, 5) is 12.0. The molecule has 0 aliphatic carbocycles. The maximum absolute atomic E-state index is 12.0. The molecular weight excluding hydrogens is 264 g/mol. The summed E-state index contributed by atoms with van der Waals surface area (Å²) < 4.78 is 5.03. The molecule has 0 saturated carbocycles. The SMILES string of the molecule is CCOC(=O)c1cc(N)cc(Cl)c1NC(C)(C)CC. The van der Waals surface area contributed by atoms with Gasteiger partial charge in [-0.25, -0.2) is 4.79 Å². The van der Waals surface area contributed by atoms with E-state index >= 15 is 0 Å². The number of halogens is 1. The van der Waals surface area contributed by atoms with Crippen molar-refractivity contribution in [2.45, 2.75) is 39.7 Å². The van der Waals surface area contributed by atoms with E-state index in [4.69, 9.17) is 22.1 Å². The van der Waals surface area contributed by atoms with E-state index in [1.165, 1.54) is 0 Å². The molecule has 4 nitrogen and oxygen atoms in total. The molecular formula is C14H21ClN2O2. The minimum absolute atomic E-state index is 0.180. The molecule has 0 fully saturated rings. The quantitative estimate of drug-likeness (QED) is 0.639. The number of hydrogen-bond donors (Lipinski definition) is 2. The largest absolute Gasteiger partial charge is 0.462 e. The molecule has 19 heavy (non-hydrogen) atoms. The van der Waals surface area contributed by atoms with Gasteiger partial charge >= 0.3 is 5.97 Å². The lowest BCUT2D eigenvalue weighted by Crippen LogP contribution is -2.31. The molecule has 0 radical (unpaired) electrons. The molecule has 0 aliphatic rings. The van der Waals surface area contributed by atoms with Crippen LogP contribution in [-0.4, -0.2) is 18.1 Å². The first-order valence-corrected chi connectivity index (χ1v) is 6.73. The van der Waals surface area contributed by atoms with E-state index in [0.29, 0.717) is 28.6 Å². The molecule has 0 heterocycles. The van der Waals surface area contributed by atoms with Crippen LogP contribution in [0.5, 0.6) is 0 Å². The molecule has 0 aromatic heterocycles. The molecule has 1 rings (SSSR count). The molecule has 0 spiro atoms. The Morgan fingerprint density at radius 2 is 2.05 bits per heavy atom. The topological polar surface area (TPSA) is 64.3 Å². The minimum atomic E-state index is -0.425. The molecule has 1 aromatic rings. The second-order valence-corrected chi connectivity index (χ2v) is 5.42. The van der Waals surface area contributed by atoms with Crippen LogP contribution in [0.3, 0.4) is 0 Å². The van der Waals surface area contributed by atoms with Gasteiger partial charge in [0.2, 0.25) is 0 Å². The Morgan fingerprint density at radius 1 is 1.42 bits per heavy atom. The van der Waals surface area contributed by atoms with Gasteiger partial charge in [-0.1, -0.05) is 18.5 Å². The van der Waals surface area contributed by atoms with Crippen LogP contribution in [0.25, 0.3) is 0 Å². The third kappa shape index (κ3) is 4.03. The highest BCUT2D eigenvalue weighted by Gasteiger charge is 2.22. The van der Waals surface area contributed by atoms with E-state index in [9.17, 15) is 4.79 Å². The fraction of sp³-hybridized carbons (Fsp3) is 0.500. The van der Waals surface area contributed by atoms with Crippen molar-refractivity contribution >= 4 is 28.9 Å². The Kier molecular flexibility index (Phi) is 5.06. The first kappa shape index (κ1) is 15.6. The predicted molar refractivity (Wildman–Crippen MR) is 79.8 cm³/mol. The molecule has 0 atom stereocenters. The van der Waals surface area contributed by atoms with Gasteiger partial charge in [-0.15, -0.1) is 0 Å². The molecule has 0 bridgehead atoms. The van der Waals surface area contributed by atoms with Crippen LogP contribution < -0.4 is 11.1 Å². The van der Waals surface area contributed by atoms with E-state index in [1.807, 2.05) is 13.8 Å². The first-order valence-electron chi connectivity index (χ1n) is 6.35. The number of nitrogens with two attached hydrogens (primary N) is 1. The summed E-state index contributed by atoms with van der Waals surface area (Å²) >= 11 is 6.19. The number of esters is 1. The highest BCUT2D eigenvalue weighted by atomic mass is 35.5. The lowest BCUT2D eigenvalue weighted by Gasteiger charge is -2.28. The van der Waals surface area contributed by atoms with Crippen molar-refractivity contribution in [1.29, 1.82) is 0 Å². The fourth-order valence-corrected chi connectivity index (χ4v) is 1.83. The van der Waals surface area contributed by atoms with Crippen LogP contribution in [0.15, 0.2) is 12.1 Å². The average Bonchev–Trinajstić information content (AvgIpc) is 2.32. The van der Waals surface area contributed by atoms with Crippen LogP contribution >= 0.6 is 11.6 Å². The lowest BCUT2D eigenvalue weighted by atomic mass is 10.0. The molecule has 0 saturated heterocycles. The van der Waals surface area contributed by atoms with Crippen molar-refractivity contribution in [3.8, 4) is 0 Å². The number of carbonyl (C=O) groups excluding carboxylic acids is 1. The monoisotopic (exact) mass is 284 g/mol. The van der Waals surface area contributed by atoms with Gasteiger partial charge in [0.1, 0.15) is 0 Å². The standard InChI is InChI=1S/C14H21ClN2O2/c1-5-14(3,4)17-12-10(13(18)19-6-2)7-9(16)8-11(12)15/h7-8,17H,5-6,16H2,1-4H3. The smallest absolute Gasteiger partial charge is 0.340 e. The zero-order chi connectivity index (χ0) is 14.6. The zero-order valence-corrected chi connectivity index (χ0v) is 12.6. The summed E-state index contributed by atoms with van der Waals surface area (Å²) in [6, 6.07) is 3.20. The Morgan fingerprint density at radius 3 is 2.58 bits per heavy atom. The Bertz CT molecular complexity index is 473. The number of benzene rings is 1. The number of anilines is 2. The summed E-state index contributed by atoms with van der Waals surface area (Å²) in [6.07, 6.45) is 0.885. The van der Waals surface area contributed by atoms with E-state index in [-0.39, 0.29) is 5.54 Å². The summed E-state index contributed by atoms with van der Waals surface area (Å²) in [5, 5.41) is 3.70. The van der Waals surface area contributed by atoms with Gasteiger partial charge in [0.25, 0.3) is 0 Å². The van der Waals surface area contributed by atoms with Crippen molar-refractivity contribution in [1.82, 2.24) is 0 Å². The highest BCUT2D eigenvalue weighted by Crippen LogP contribution is 2.32. The van der Waals surface area contributed by atoms with Gasteiger partial charge in [-0.2, -0.15) is 0 Å². The summed E-state index contributed by atoms with van der Waals surface area (Å²) in [6.45, 7) is 8.20. The zero-order valence-electron chi connectivity index (χ0n) is 11.8. The first-order chi connectivity index (χ1) is 8.80. The lowest BCUT2D eigenvalue weighted by molar-refractivity contribution is 0.0527. The number of nitrogen functional groups attached to an aromatic ring is 1. The van der Waals surface area contributed by atoms with E-state index in [0.717, 1.165) is 6.42 Å². The molecule has 0 amide bonds. The summed E-state index contributed by atoms with van der Waals surface area (Å²) in [7, 11) is 0. The number of carbonyl (C=O) groups is 1. The van der Waals surface area contributed by atoms with Gasteiger partial charge < -0.3 is 15.8 Å². The van der Waals surface area contributed by atoms with Crippen LogP contribution in [0.1, 0.15) is 44.5 Å². The van der Waals surface area contributed by atoms with Gasteiger partial charge in [-0.3, -0.25) is 0 Å². The van der Waals surface area contributed by atoms with Crippen LogP contribution in [0.2, 0.25) is 5.02 Å². The Hall–Kier alpha value is -1.42. The Balaban J connectivity index is 3.24. The van der Waals surface area contributed by atoms with Gasteiger partial charge in [0.15, 0.2) is 0 Å². The van der Waals surface area contributed by atoms with Gasteiger partial charge in [-0.05, 0) is 39.3 Å². The van der Waals surface area contributed by atoms with E-state index in [1.54, 1.807) is 19.1 Å².